The van der Waals surface area contributed by atoms with Crippen molar-refractivity contribution in [2.24, 2.45) is 0 Å². The molecule has 5 heteroatoms. The van der Waals surface area contributed by atoms with Crippen molar-refractivity contribution >= 4 is 29.3 Å². The second-order valence-corrected chi connectivity index (χ2v) is 4.22. The van der Waals surface area contributed by atoms with Crippen molar-refractivity contribution in [1.29, 1.82) is 0 Å². The van der Waals surface area contributed by atoms with Crippen LogP contribution >= 0.6 is 11.8 Å². The van der Waals surface area contributed by atoms with Gasteiger partial charge in [0.2, 0.25) is 5.91 Å². The number of benzene rings is 1. The topological polar surface area (TPSA) is 55.4 Å². The van der Waals surface area contributed by atoms with Gasteiger partial charge in [-0.2, -0.15) is 0 Å². The number of terminal acetylenes is 1. The molecule has 0 heterocycles. The number of thioether (sulfide) groups is 1. The molecule has 0 aromatic heterocycles. The van der Waals surface area contributed by atoms with Crippen molar-refractivity contribution in [3.63, 3.8) is 0 Å². The Morgan fingerprint density at radius 1 is 1.50 bits per heavy atom. The van der Waals surface area contributed by atoms with Gasteiger partial charge in [0, 0.05) is 11.8 Å². The van der Waals surface area contributed by atoms with E-state index in [0.717, 1.165) is 4.90 Å². The molecule has 0 saturated carbocycles. The fourth-order valence-electron chi connectivity index (χ4n) is 1.30. The largest absolute Gasteiger partial charge is 0.449 e. The fraction of sp³-hybridized carbons (Fsp3) is 0.231. The van der Waals surface area contributed by atoms with Crippen LogP contribution < -0.4 is 5.32 Å². The third-order valence-corrected chi connectivity index (χ3v) is 2.81. The Hall–Kier alpha value is -1.93. The number of hydrogen-bond donors (Lipinski definition) is 1. The highest BCUT2D eigenvalue weighted by Gasteiger charge is 2.10. The second-order valence-electron chi connectivity index (χ2n) is 3.38. The van der Waals surface area contributed by atoms with Crippen molar-refractivity contribution < 1.29 is 14.3 Å². The molecule has 4 nitrogen and oxygen atoms in total. The lowest BCUT2D eigenvalue weighted by Gasteiger charge is -2.09. The van der Waals surface area contributed by atoms with Gasteiger partial charge in [-0.1, -0.05) is 5.92 Å². The van der Waals surface area contributed by atoms with Gasteiger partial charge in [-0.15, -0.1) is 18.2 Å². The third kappa shape index (κ3) is 3.82. The maximum Gasteiger partial charge on any atom is 0.339 e. The van der Waals surface area contributed by atoms with Gasteiger partial charge in [0.1, 0.15) is 0 Å². The van der Waals surface area contributed by atoms with E-state index < -0.39 is 5.97 Å². The number of carbonyl (C=O) groups excluding carboxylic acids is 2. The van der Waals surface area contributed by atoms with Crippen molar-refractivity contribution in [3.05, 3.63) is 23.8 Å². The first-order chi connectivity index (χ1) is 8.58. The molecule has 0 spiro atoms. The summed E-state index contributed by atoms with van der Waals surface area (Å²) in [5.74, 6) is 1.60. The number of ether oxygens (including phenoxy) is 1. The molecule has 1 aromatic rings. The zero-order valence-electron chi connectivity index (χ0n) is 10.1. The quantitative estimate of drug-likeness (QED) is 0.514. The minimum absolute atomic E-state index is 0.0547. The Balaban J connectivity index is 2.95. The number of esters is 1. The first-order valence-electron chi connectivity index (χ1n) is 5.14. The Kier molecular flexibility index (Phi) is 5.28. The molecule has 0 saturated heterocycles. The first-order valence-corrected chi connectivity index (χ1v) is 6.37. The van der Waals surface area contributed by atoms with Crippen LogP contribution in [0.3, 0.4) is 0 Å². The average Bonchev–Trinajstić information content (AvgIpc) is 2.35. The maximum atomic E-state index is 11.6. The Morgan fingerprint density at radius 2 is 2.22 bits per heavy atom. The number of anilines is 1. The lowest BCUT2D eigenvalue weighted by Crippen LogP contribution is -2.09. The van der Waals surface area contributed by atoms with Gasteiger partial charge in [-0.25, -0.2) is 4.79 Å². The molecule has 0 unspecified atom stereocenters. The highest BCUT2D eigenvalue weighted by Crippen LogP contribution is 2.26. The van der Waals surface area contributed by atoms with E-state index >= 15 is 0 Å². The SMILES string of the molecule is C#CCOC(=O)c1ccc(NC(C)=O)c(SC)c1. The van der Waals surface area contributed by atoms with Gasteiger partial charge < -0.3 is 10.1 Å². The maximum absolute atomic E-state index is 11.6. The van der Waals surface area contributed by atoms with Gasteiger partial charge in [0.15, 0.2) is 6.61 Å². The number of hydrogen-bond acceptors (Lipinski definition) is 4. The number of amides is 1. The summed E-state index contributed by atoms with van der Waals surface area (Å²) < 4.78 is 4.83. The fourth-order valence-corrected chi connectivity index (χ4v) is 1.89. The van der Waals surface area contributed by atoms with Crippen molar-refractivity contribution in [3.8, 4) is 12.3 Å². The lowest BCUT2D eigenvalue weighted by molar-refractivity contribution is -0.114. The summed E-state index contributed by atoms with van der Waals surface area (Å²) in [5, 5.41) is 2.69. The summed E-state index contributed by atoms with van der Waals surface area (Å²) in [6.07, 6.45) is 6.87. The van der Waals surface area contributed by atoms with Crippen LogP contribution in [0.4, 0.5) is 5.69 Å². The lowest BCUT2D eigenvalue weighted by atomic mass is 10.2. The van der Waals surface area contributed by atoms with Crippen LogP contribution in [0, 0.1) is 12.3 Å². The third-order valence-electron chi connectivity index (χ3n) is 2.03. The van der Waals surface area contributed by atoms with E-state index in [1.54, 1.807) is 18.2 Å². The van der Waals surface area contributed by atoms with Crippen molar-refractivity contribution in [1.82, 2.24) is 0 Å². The van der Waals surface area contributed by atoms with Crippen LogP contribution in [-0.4, -0.2) is 24.7 Å². The smallest absolute Gasteiger partial charge is 0.339 e. The first kappa shape index (κ1) is 14.1. The van der Waals surface area contributed by atoms with E-state index in [1.807, 2.05) is 6.26 Å². The van der Waals surface area contributed by atoms with E-state index in [1.165, 1.54) is 18.7 Å². The predicted molar refractivity (Wildman–Crippen MR) is 71.6 cm³/mol. The Bertz CT molecular complexity index is 505. The molecule has 18 heavy (non-hydrogen) atoms. The predicted octanol–water partition coefficient (Wildman–Crippen LogP) is 2.16. The highest BCUT2D eigenvalue weighted by atomic mass is 32.2. The minimum Gasteiger partial charge on any atom is -0.449 e. The van der Waals surface area contributed by atoms with Gasteiger partial charge in [-0.3, -0.25) is 4.79 Å². The zero-order chi connectivity index (χ0) is 13.5. The molecule has 0 aliphatic rings. The molecule has 94 valence electrons. The molecule has 0 radical (unpaired) electrons. The Labute approximate surface area is 110 Å². The molecular weight excluding hydrogens is 250 g/mol. The molecule has 0 atom stereocenters. The summed E-state index contributed by atoms with van der Waals surface area (Å²) in [4.78, 5) is 23.4. The van der Waals surface area contributed by atoms with Crippen molar-refractivity contribution in [2.75, 3.05) is 18.2 Å². The summed E-state index contributed by atoms with van der Waals surface area (Å²) in [5.41, 5.74) is 1.08. The van der Waals surface area contributed by atoms with Gasteiger partial charge in [-0.05, 0) is 24.5 Å². The van der Waals surface area contributed by atoms with Gasteiger partial charge in [0.25, 0.3) is 0 Å². The minimum atomic E-state index is -0.474. The van der Waals surface area contributed by atoms with E-state index in [0.29, 0.717) is 11.3 Å². The second kappa shape index (κ2) is 6.72. The Morgan fingerprint density at radius 3 is 2.78 bits per heavy atom. The monoisotopic (exact) mass is 263 g/mol. The van der Waals surface area contributed by atoms with Crippen LogP contribution in [0.1, 0.15) is 17.3 Å². The normalized spacial score (nSPS) is 9.39. The molecule has 1 amide bonds. The van der Waals surface area contributed by atoms with Crippen LogP contribution in [0.5, 0.6) is 0 Å². The molecule has 1 N–H and O–H groups in total. The van der Waals surface area contributed by atoms with E-state index in [-0.39, 0.29) is 12.5 Å². The number of carbonyl (C=O) groups is 2. The summed E-state index contributed by atoms with van der Waals surface area (Å²) in [7, 11) is 0. The van der Waals surface area contributed by atoms with Gasteiger partial charge >= 0.3 is 5.97 Å². The molecule has 1 aromatic carbocycles. The number of rotatable bonds is 4. The van der Waals surface area contributed by atoms with Crippen molar-refractivity contribution in [2.45, 2.75) is 11.8 Å². The van der Waals surface area contributed by atoms with Crippen LogP contribution in [0.2, 0.25) is 0 Å². The standard InChI is InChI=1S/C13H13NO3S/c1-4-7-17-13(16)10-5-6-11(14-9(2)15)12(8-10)18-3/h1,5-6,8H,7H2,2-3H3,(H,14,15). The van der Waals surface area contributed by atoms with E-state index in [2.05, 4.69) is 11.2 Å². The van der Waals surface area contributed by atoms with E-state index in [9.17, 15) is 9.59 Å². The summed E-state index contributed by atoms with van der Waals surface area (Å²) >= 11 is 1.43. The summed E-state index contributed by atoms with van der Waals surface area (Å²) in [6, 6.07) is 4.92. The van der Waals surface area contributed by atoms with Gasteiger partial charge in [0.05, 0.1) is 11.3 Å². The van der Waals surface area contributed by atoms with Crippen LogP contribution in [-0.2, 0) is 9.53 Å². The molecule has 0 bridgehead atoms. The highest BCUT2D eigenvalue weighted by molar-refractivity contribution is 7.98. The molecular formula is C13H13NO3S. The molecule has 0 aliphatic heterocycles. The zero-order valence-corrected chi connectivity index (χ0v) is 11.0. The van der Waals surface area contributed by atoms with Crippen LogP contribution in [0.25, 0.3) is 0 Å². The van der Waals surface area contributed by atoms with Crippen LogP contribution in [0.15, 0.2) is 23.1 Å². The number of nitrogens with one attached hydrogen (secondary N) is 1. The molecule has 0 aliphatic carbocycles. The molecule has 0 fully saturated rings. The molecule has 1 rings (SSSR count). The van der Waals surface area contributed by atoms with E-state index in [4.69, 9.17) is 11.2 Å². The summed E-state index contributed by atoms with van der Waals surface area (Å²) in [6.45, 7) is 1.38. The average molecular weight is 263 g/mol.